The number of fused-ring (bicyclic) bond motifs is 1. The number of carbonyl (C=O) groups excluding carboxylic acids is 1. The maximum absolute atomic E-state index is 14.2. The maximum atomic E-state index is 14.2. The van der Waals surface area contributed by atoms with E-state index in [2.05, 4.69) is 10.8 Å². The second kappa shape index (κ2) is 12.1. The number of carbonyl (C=O) groups is 1. The van der Waals surface area contributed by atoms with Crippen LogP contribution in [0.1, 0.15) is 33.1 Å². The third kappa shape index (κ3) is 6.11. The average molecular weight is 630 g/mol. The predicted octanol–water partition coefficient (Wildman–Crippen LogP) is 8.37. The van der Waals surface area contributed by atoms with Gasteiger partial charge < -0.3 is 9.64 Å². The highest BCUT2D eigenvalue weighted by atomic mass is 35.5. The molecule has 1 aliphatic rings. The minimum atomic E-state index is -4.07. The first-order chi connectivity index (χ1) is 20.8. The number of rotatable bonds is 7. The summed E-state index contributed by atoms with van der Waals surface area (Å²) in [5.41, 5.74) is 3.48. The van der Waals surface area contributed by atoms with Gasteiger partial charge in [-0.15, -0.1) is 0 Å². The Morgan fingerprint density at radius 1 is 0.814 bits per heavy atom. The lowest BCUT2D eigenvalue weighted by Gasteiger charge is -2.38. The monoisotopic (exact) mass is 628 g/mol. The Kier molecular flexibility index (Phi) is 8.13. The van der Waals surface area contributed by atoms with Gasteiger partial charge in [0.25, 0.3) is 15.9 Å². The van der Waals surface area contributed by atoms with Crippen molar-refractivity contribution in [3.63, 3.8) is 0 Å². The molecule has 43 heavy (non-hydrogen) atoms. The van der Waals surface area contributed by atoms with Crippen molar-refractivity contribution in [2.45, 2.75) is 17.4 Å². The van der Waals surface area contributed by atoms with Crippen LogP contribution in [0.3, 0.4) is 0 Å². The lowest BCUT2D eigenvalue weighted by atomic mass is 9.87. The van der Waals surface area contributed by atoms with E-state index in [1.54, 1.807) is 47.4 Å². The summed E-state index contributed by atoms with van der Waals surface area (Å²) in [6.45, 7) is 0.459. The van der Waals surface area contributed by atoms with Gasteiger partial charge in [0, 0.05) is 11.6 Å². The van der Waals surface area contributed by atoms with Gasteiger partial charge in [-0.2, -0.15) is 0 Å². The van der Waals surface area contributed by atoms with Crippen LogP contribution in [0.2, 0.25) is 10.0 Å². The molecule has 6 rings (SSSR count). The molecule has 0 saturated heterocycles. The molecule has 5 aromatic rings. The summed E-state index contributed by atoms with van der Waals surface area (Å²) in [4.78, 5) is 16.0. The van der Waals surface area contributed by atoms with Crippen LogP contribution in [0.25, 0.3) is 0 Å². The summed E-state index contributed by atoms with van der Waals surface area (Å²) in [5.74, 6) is 0.551. The number of nitrogens with one attached hydrogen (secondary N) is 1. The normalized spacial score (nSPS) is 14.6. The number of nitrogens with zero attached hydrogens (tertiary/aromatic N) is 1. The molecule has 0 unspecified atom stereocenters. The second-order valence-corrected chi connectivity index (χ2v) is 12.6. The maximum Gasteiger partial charge on any atom is 0.261 e. The molecule has 0 aromatic heterocycles. The summed E-state index contributed by atoms with van der Waals surface area (Å²) in [6, 6.07) is 35.1. The molecular formula is C34H26Cl2N2O4S. The highest BCUT2D eigenvalue weighted by Gasteiger charge is 2.34. The number of benzene rings is 5. The van der Waals surface area contributed by atoms with Gasteiger partial charge in [0.2, 0.25) is 0 Å². The van der Waals surface area contributed by atoms with Crippen LogP contribution in [0, 0.1) is 0 Å². The molecule has 1 aliphatic heterocycles. The number of halogens is 2. The first kappa shape index (κ1) is 28.8. The van der Waals surface area contributed by atoms with E-state index in [0.29, 0.717) is 34.5 Å². The van der Waals surface area contributed by atoms with E-state index in [1.807, 2.05) is 48.5 Å². The standard InChI is InChI=1S/C34H26Cl2N2O4S/c35-25-14-19-31(37-43(40,41)27-17-15-26(16-18-27)42-32-13-7-6-12-30(32)36)29(22-25)34(39)38-21-20-23-8-4-5-11-28(23)33(38)24-9-2-1-3-10-24/h1-19,22,33,37H,20-21H2/t33-/m1/s1. The molecule has 0 bridgehead atoms. The molecule has 0 spiro atoms. The van der Waals surface area contributed by atoms with Crippen LogP contribution in [-0.2, 0) is 16.4 Å². The molecule has 0 aliphatic carbocycles. The summed E-state index contributed by atoms with van der Waals surface area (Å²) in [6.07, 6.45) is 0.676. The van der Waals surface area contributed by atoms with Gasteiger partial charge in [0.15, 0.2) is 0 Å². The molecule has 216 valence electrons. The number of sulfonamides is 1. The number of ether oxygens (including phenoxy) is 1. The zero-order chi connectivity index (χ0) is 30.0. The summed E-state index contributed by atoms with van der Waals surface area (Å²) in [5, 5.41) is 0.758. The molecule has 1 amide bonds. The minimum absolute atomic E-state index is 0.00131. The van der Waals surface area contributed by atoms with Crippen molar-refractivity contribution in [3.8, 4) is 11.5 Å². The molecule has 1 N–H and O–H groups in total. The van der Waals surface area contributed by atoms with E-state index in [0.717, 1.165) is 11.1 Å². The molecular weight excluding hydrogens is 603 g/mol. The molecule has 1 atom stereocenters. The van der Waals surface area contributed by atoms with Gasteiger partial charge in [-0.25, -0.2) is 8.42 Å². The van der Waals surface area contributed by atoms with Gasteiger partial charge in [0.1, 0.15) is 11.5 Å². The van der Waals surface area contributed by atoms with E-state index in [4.69, 9.17) is 27.9 Å². The summed E-state index contributed by atoms with van der Waals surface area (Å²) in [7, 11) is -4.07. The average Bonchev–Trinajstić information content (AvgIpc) is 3.03. The van der Waals surface area contributed by atoms with Crippen molar-refractivity contribution < 1.29 is 17.9 Å². The fraction of sp³-hybridized carbons (Fsp3) is 0.0882. The van der Waals surface area contributed by atoms with E-state index in [9.17, 15) is 13.2 Å². The Morgan fingerprint density at radius 3 is 2.28 bits per heavy atom. The molecule has 0 saturated carbocycles. The molecule has 5 aromatic carbocycles. The van der Waals surface area contributed by atoms with Crippen LogP contribution in [0.5, 0.6) is 11.5 Å². The molecule has 9 heteroatoms. The second-order valence-electron chi connectivity index (χ2n) is 10.1. The summed E-state index contributed by atoms with van der Waals surface area (Å²) >= 11 is 12.5. The van der Waals surface area contributed by atoms with Gasteiger partial charge >= 0.3 is 0 Å². The predicted molar refractivity (Wildman–Crippen MR) is 170 cm³/mol. The van der Waals surface area contributed by atoms with Crippen molar-refractivity contribution >= 4 is 44.8 Å². The fourth-order valence-electron chi connectivity index (χ4n) is 5.26. The van der Waals surface area contributed by atoms with Crippen molar-refractivity contribution in [1.29, 1.82) is 0 Å². The van der Waals surface area contributed by atoms with Crippen molar-refractivity contribution in [1.82, 2.24) is 4.90 Å². The van der Waals surface area contributed by atoms with Crippen LogP contribution in [0.15, 0.2) is 126 Å². The highest BCUT2D eigenvalue weighted by molar-refractivity contribution is 7.92. The van der Waals surface area contributed by atoms with Gasteiger partial charge in [0.05, 0.1) is 27.2 Å². The van der Waals surface area contributed by atoms with Crippen molar-refractivity contribution in [3.05, 3.63) is 154 Å². The fourth-order valence-corrected chi connectivity index (χ4v) is 6.69. The van der Waals surface area contributed by atoms with Crippen LogP contribution in [0.4, 0.5) is 5.69 Å². The smallest absolute Gasteiger partial charge is 0.261 e. The topological polar surface area (TPSA) is 75.7 Å². The Morgan fingerprint density at radius 2 is 1.51 bits per heavy atom. The molecule has 1 heterocycles. The number of para-hydroxylation sites is 1. The van der Waals surface area contributed by atoms with Crippen LogP contribution in [-0.4, -0.2) is 25.8 Å². The largest absolute Gasteiger partial charge is 0.456 e. The Hall–Kier alpha value is -4.30. The molecule has 0 fully saturated rings. The molecule has 6 nitrogen and oxygen atoms in total. The zero-order valence-electron chi connectivity index (χ0n) is 22.8. The van der Waals surface area contributed by atoms with Crippen molar-refractivity contribution in [2.24, 2.45) is 0 Å². The lowest BCUT2D eigenvalue weighted by Crippen LogP contribution is -2.41. The molecule has 0 radical (unpaired) electrons. The minimum Gasteiger partial charge on any atom is -0.456 e. The van der Waals surface area contributed by atoms with Gasteiger partial charge in [-0.3, -0.25) is 9.52 Å². The van der Waals surface area contributed by atoms with Crippen LogP contribution >= 0.6 is 23.2 Å². The van der Waals surface area contributed by atoms with E-state index in [-0.39, 0.29) is 28.1 Å². The summed E-state index contributed by atoms with van der Waals surface area (Å²) < 4.78 is 35.4. The SMILES string of the molecule is O=C(c1cc(Cl)ccc1NS(=O)(=O)c1ccc(Oc2ccccc2Cl)cc1)N1CCc2ccccc2[C@H]1c1ccccc1. The first-order valence-electron chi connectivity index (χ1n) is 13.6. The van der Waals surface area contributed by atoms with Gasteiger partial charge in [-0.05, 0) is 77.7 Å². The van der Waals surface area contributed by atoms with E-state index >= 15 is 0 Å². The number of hydrogen-bond donors (Lipinski definition) is 1. The Balaban J connectivity index is 1.30. The lowest BCUT2D eigenvalue weighted by molar-refractivity contribution is 0.0695. The zero-order valence-corrected chi connectivity index (χ0v) is 25.1. The van der Waals surface area contributed by atoms with Crippen molar-refractivity contribution in [2.75, 3.05) is 11.3 Å². The quantitative estimate of drug-likeness (QED) is 0.196. The number of hydrogen-bond acceptors (Lipinski definition) is 4. The van der Waals surface area contributed by atoms with E-state index in [1.165, 1.54) is 29.8 Å². The highest BCUT2D eigenvalue weighted by Crippen LogP contribution is 2.37. The van der Waals surface area contributed by atoms with Gasteiger partial charge in [-0.1, -0.05) is 89.9 Å². The number of anilines is 1. The third-order valence-corrected chi connectivity index (χ3v) is 9.24. The number of amides is 1. The van der Waals surface area contributed by atoms with E-state index < -0.39 is 10.0 Å². The third-order valence-electron chi connectivity index (χ3n) is 7.31. The van der Waals surface area contributed by atoms with Crippen LogP contribution < -0.4 is 9.46 Å². The first-order valence-corrected chi connectivity index (χ1v) is 15.8. The Labute approximate surface area is 260 Å². The Bertz CT molecular complexity index is 1900.